The number of esters is 1. The molecule has 1 aromatic carbocycles. The average molecular weight is 880 g/mol. The van der Waals surface area contributed by atoms with E-state index in [9.17, 15) is 19.2 Å². The number of aromatic nitrogens is 3. The number of aryl methyl sites for hydroxylation is 1. The second-order valence-electron chi connectivity index (χ2n) is 19.2. The summed E-state index contributed by atoms with van der Waals surface area (Å²) in [7, 11) is 1.69. The Morgan fingerprint density at radius 3 is 2.62 bits per heavy atom. The number of carbonyl (C=O) groups is 4. The van der Waals surface area contributed by atoms with Gasteiger partial charge in [-0.15, -0.1) is 11.3 Å². The second-order valence-corrected chi connectivity index (χ2v) is 20.1. The molecule has 2 N–H and O–H groups in total. The number of hydrogen-bond donors (Lipinski definition) is 2. The maximum Gasteiger partial charge on any atom is 0.324 e. The number of carbonyl (C=O) groups excluding carboxylic acids is 4. The fourth-order valence-corrected chi connectivity index (χ4v) is 11.6. The Balaban J connectivity index is 1.12. The highest BCUT2D eigenvalue weighted by molar-refractivity contribution is 7.10. The second kappa shape index (κ2) is 17.4. The number of fused-ring (bicyclic) bond motifs is 8. The summed E-state index contributed by atoms with van der Waals surface area (Å²) in [5.74, 6) is -1.24. The van der Waals surface area contributed by atoms with Crippen LogP contribution in [0.3, 0.4) is 0 Å². The van der Waals surface area contributed by atoms with E-state index in [-0.39, 0.29) is 37.0 Å². The van der Waals surface area contributed by atoms with Crippen LogP contribution >= 0.6 is 11.3 Å². The van der Waals surface area contributed by atoms with Crippen molar-refractivity contribution in [2.24, 2.45) is 35.0 Å². The van der Waals surface area contributed by atoms with Gasteiger partial charge in [0.05, 0.1) is 41.6 Å². The fraction of sp³-hybridized carbons (Fsp3) is 0.583. The highest BCUT2D eigenvalue weighted by Crippen LogP contribution is 2.50. The first-order valence-corrected chi connectivity index (χ1v) is 23.7. The van der Waals surface area contributed by atoms with Gasteiger partial charge in [-0.25, -0.2) is 10.4 Å². The number of piperidine rings is 2. The number of methoxy groups -OCH3 is 1. The van der Waals surface area contributed by atoms with Crippen molar-refractivity contribution in [1.82, 2.24) is 35.2 Å². The van der Waals surface area contributed by atoms with E-state index >= 15 is 0 Å². The van der Waals surface area contributed by atoms with Crippen LogP contribution < -0.4 is 10.7 Å². The number of nitrogens with zero attached hydrogens (tertiary/aromatic N) is 5. The molecule has 3 aromatic heterocycles. The minimum atomic E-state index is -1.19. The van der Waals surface area contributed by atoms with Gasteiger partial charge in [-0.05, 0) is 100 Å². The summed E-state index contributed by atoms with van der Waals surface area (Å²) < 4.78 is 20.7. The molecule has 7 heterocycles. The van der Waals surface area contributed by atoms with Crippen LogP contribution in [0.5, 0.6) is 0 Å². The molecule has 2 aliphatic carbocycles. The zero-order valence-corrected chi connectivity index (χ0v) is 38.3. The zero-order chi connectivity index (χ0) is 44.3. The molecular weight excluding hydrogens is 819 g/mol. The number of amides is 3. The summed E-state index contributed by atoms with van der Waals surface area (Å²) in [6.07, 6.45) is 4.57. The first kappa shape index (κ1) is 43.5. The van der Waals surface area contributed by atoms with Crippen LogP contribution in [0.1, 0.15) is 95.7 Å². The molecule has 3 saturated heterocycles. The van der Waals surface area contributed by atoms with Crippen LogP contribution in [0.4, 0.5) is 0 Å². The maximum absolute atomic E-state index is 14.8. The Bertz CT molecular complexity index is 2400. The third-order valence-electron chi connectivity index (χ3n) is 14.2. The molecule has 336 valence electrons. The number of thiazole rings is 1. The van der Waals surface area contributed by atoms with Crippen LogP contribution in [-0.2, 0) is 46.4 Å². The SMILES string of the molecule is CCO[C@@H]1c2nc(cs2)-c2ccc3c(c2)c(c(-c2cccnc2[C@H](C)OC)n3CC)CC(C)(C)COC(=O)[C@@H]2CCCN(N2)C(=O)[C@H]1NC(=O)[C@@H]1[C@@H](C)[C@H]1C(=O)N1CC2CC(C2)C1. The van der Waals surface area contributed by atoms with Crippen molar-refractivity contribution in [2.45, 2.75) is 104 Å². The van der Waals surface area contributed by atoms with E-state index in [1.165, 1.54) is 29.2 Å². The van der Waals surface area contributed by atoms with E-state index < -0.39 is 47.3 Å². The van der Waals surface area contributed by atoms with Crippen molar-refractivity contribution in [3.8, 4) is 22.5 Å². The fourth-order valence-electron chi connectivity index (χ4n) is 10.7. The molecule has 0 radical (unpaired) electrons. The Labute approximate surface area is 373 Å². The molecule has 10 rings (SSSR count). The summed E-state index contributed by atoms with van der Waals surface area (Å²) in [4.78, 5) is 68.8. The van der Waals surface area contributed by atoms with Gasteiger partial charge in [0.2, 0.25) is 11.8 Å². The van der Waals surface area contributed by atoms with Crippen molar-refractivity contribution in [1.29, 1.82) is 0 Å². The van der Waals surface area contributed by atoms with Crippen molar-refractivity contribution >= 4 is 45.9 Å². The molecule has 8 bridgehead atoms. The first-order valence-electron chi connectivity index (χ1n) is 22.8. The Kier molecular flexibility index (Phi) is 12.0. The Morgan fingerprint density at radius 2 is 1.89 bits per heavy atom. The van der Waals surface area contributed by atoms with Gasteiger partial charge in [-0.2, -0.15) is 0 Å². The normalized spacial score (nSPS) is 28.5. The van der Waals surface area contributed by atoms with Crippen molar-refractivity contribution < 1.29 is 33.4 Å². The minimum Gasteiger partial charge on any atom is -0.464 e. The molecule has 4 aromatic rings. The summed E-state index contributed by atoms with van der Waals surface area (Å²) in [5, 5.41) is 8.07. The number of nitrogens with one attached hydrogen (secondary N) is 2. The van der Waals surface area contributed by atoms with Gasteiger partial charge in [0, 0.05) is 78.9 Å². The number of rotatable bonds is 9. The summed E-state index contributed by atoms with van der Waals surface area (Å²) in [6, 6.07) is 8.47. The quantitative estimate of drug-likeness (QED) is 0.178. The number of benzene rings is 1. The number of cyclic esters (lactones) is 1. The van der Waals surface area contributed by atoms with Gasteiger partial charge < -0.3 is 29.0 Å². The van der Waals surface area contributed by atoms with Gasteiger partial charge in [0.25, 0.3) is 5.91 Å². The van der Waals surface area contributed by atoms with Crippen LogP contribution in [0.25, 0.3) is 33.4 Å². The number of hydrazine groups is 1. The van der Waals surface area contributed by atoms with Gasteiger partial charge >= 0.3 is 5.97 Å². The Hall–Kier alpha value is -4.70. The molecule has 0 spiro atoms. The summed E-state index contributed by atoms with van der Waals surface area (Å²) >= 11 is 1.38. The number of ether oxygens (including phenoxy) is 3. The van der Waals surface area contributed by atoms with Gasteiger partial charge in [0.15, 0.2) is 0 Å². The van der Waals surface area contributed by atoms with E-state index in [1.54, 1.807) is 13.3 Å². The lowest BCUT2D eigenvalue weighted by molar-refractivity contribution is -0.156. The van der Waals surface area contributed by atoms with E-state index in [1.807, 2.05) is 37.1 Å². The molecule has 2 saturated carbocycles. The number of pyridine rings is 1. The maximum atomic E-state index is 14.8. The molecular formula is C48H61N7O7S. The lowest BCUT2D eigenvalue weighted by Gasteiger charge is -2.47. The molecule has 14 nitrogen and oxygen atoms in total. The van der Waals surface area contributed by atoms with E-state index in [2.05, 4.69) is 60.3 Å². The third kappa shape index (κ3) is 8.19. The highest BCUT2D eigenvalue weighted by atomic mass is 32.1. The predicted octanol–water partition coefficient (Wildman–Crippen LogP) is 6.49. The smallest absolute Gasteiger partial charge is 0.324 e. The highest BCUT2D eigenvalue weighted by Gasteiger charge is 2.59. The molecule has 4 aliphatic heterocycles. The average Bonchev–Trinajstić information content (AvgIpc) is 3.57. The molecule has 0 unspecified atom stereocenters. The predicted molar refractivity (Wildman–Crippen MR) is 239 cm³/mol. The van der Waals surface area contributed by atoms with Crippen LogP contribution in [0.15, 0.2) is 41.9 Å². The molecule has 63 heavy (non-hydrogen) atoms. The molecule has 7 atom stereocenters. The summed E-state index contributed by atoms with van der Waals surface area (Å²) in [6.45, 7) is 15.1. The molecule has 5 fully saturated rings. The van der Waals surface area contributed by atoms with E-state index in [0.717, 1.165) is 57.8 Å². The van der Waals surface area contributed by atoms with Crippen LogP contribution in [-0.4, -0.2) is 100 Å². The standard InChI is InChI=1S/C48H61N7O7S/c1-8-54-36-15-14-30-20-32(36)33(41(54)31-12-10-16-49-39(31)27(4)60-7)21-48(5,6)25-62-47(59)34-13-11-17-55(52-34)46(58)40(42(61-9-2)44-50-35(30)24-63-44)51-43(56)37-26(3)38(37)45(57)53-22-28-18-29(19-28)23-53/h10,12,14-16,20,24,26-29,34,37-38,40,42,52H,8-9,11,13,17-19,21-23,25H2,1-7H3,(H,51,56)/t26-,27+,28?,29?,34+,37-,38-,40+,42+/m1/s1. The van der Waals surface area contributed by atoms with Gasteiger partial charge in [-0.1, -0.05) is 26.8 Å². The van der Waals surface area contributed by atoms with Crippen LogP contribution in [0.2, 0.25) is 0 Å². The largest absolute Gasteiger partial charge is 0.464 e. The topological polar surface area (TPSA) is 157 Å². The molecule has 15 heteroatoms. The van der Waals surface area contributed by atoms with Gasteiger partial charge in [-0.3, -0.25) is 29.2 Å². The lowest BCUT2D eigenvalue weighted by Crippen LogP contribution is -2.61. The Morgan fingerprint density at radius 1 is 1.11 bits per heavy atom. The van der Waals surface area contributed by atoms with Crippen LogP contribution in [0, 0.1) is 35.0 Å². The van der Waals surface area contributed by atoms with Crippen molar-refractivity contribution in [3.63, 3.8) is 0 Å². The van der Waals surface area contributed by atoms with Crippen molar-refractivity contribution in [3.05, 3.63) is 58.2 Å². The van der Waals surface area contributed by atoms with Gasteiger partial charge in [0.1, 0.15) is 23.2 Å². The number of hydrogen-bond acceptors (Lipinski definition) is 11. The third-order valence-corrected chi connectivity index (χ3v) is 15.1. The van der Waals surface area contributed by atoms with E-state index in [4.69, 9.17) is 24.2 Å². The monoisotopic (exact) mass is 879 g/mol. The summed E-state index contributed by atoms with van der Waals surface area (Å²) in [5.41, 5.74) is 9.30. The molecule has 6 aliphatic rings. The minimum absolute atomic E-state index is 0.0353. The zero-order valence-electron chi connectivity index (χ0n) is 37.5. The first-order chi connectivity index (χ1) is 30.3. The lowest BCUT2D eigenvalue weighted by atomic mass is 9.71. The van der Waals surface area contributed by atoms with E-state index in [0.29, 0.717) is 49.2 Å². The van der Waals surface area contributed by atoms with Crippen molar-refractivity contribution in [2.75, 3.05) is 40.0 Å². The molecule has 3 amide bonds.